The molecule has 0 spiro atoms. The van der Waals surface area contributed by atoms with E-state index in [-0.39, 0.29) is 35.4 Å². The number of hydrogen-bond acceptors (Lipinski definition) is 5. The number of hydrogen-bond donors (Lipinski definition) is 2. The Hall–Kier alpha value is -2.61. The van der Waals surface area contributed by atoms with Crippen molar-refractivity contribution in [1.82, 2.24) is 15.6 Å². The van der Waals surface area contributed by atoms with Crippen molar-refractivity contribution >= 4 is 23.6 Å². The topological polar surface area (TPSA) is 80.3 Å². The van der Waals surface area contributed by atoms with Gasteiger partial charge in [0, 0.05) is 22.9 Å². The van der Waals surface area contributed by atoms with Crippen molar-refractivity contribution in [1.29, 1.82) is 0 Å². The lowest BCUT2D eigenvalue weighted by atomic mass is 9.90. The number of benzene rings is 1. The number of thioether (sulfide) groups is 1. The fourth-order valence-electron chi connectivity index (χ4n) is 4.60. The highest BCUT2D eigenvalue weighted by Crippen LogP contribution is 2.28. The first-order chi connectivity index (χ1) is 16.0. The quantitative estimate of drug-likeness (QED) is 0.551. The Labute approximate surface area is 198 Å². The third-order valence-electron chi connectivity index (χ3n) is 6.45. The second-order valence-electron chi connectivity index (χ2n) is 8.80. The number of carbonyl (C=O) groups is 2. The van der Waals surface area contributed by atoms with E-state index in [1.807, 2.05) is 24.5 Å². The molecule has 1 aromatic heterocycles. The van der Waals surface area contributed by atoms with Gasteiger partial charge in [-0.1, -0.05) is 18.9 Å². The van der Waals surface area contributed by atoms with Crippen molar-refractivity contribution < 1.29 is 18.7 Å². The molecule has 2 saturated carbocycles. The molecular weight excluding hydrogens is 441 g/mol. The highest BCUT2D eigenvalue weighted by molar-refractivity contribution is 7.98. The Balaban J connectivity index is 1.34. The van der Waals surface area contributed by atoms with Gasteiger partial charge in [-0.2, -0.15) is 0 Å². The van der Waals surface area contributed by atoms with E-state index < -0.39 is 11.7 Å². The van der Waals surface area contributed by atoms with Crippen LogP contribution in [0.25, 0.3) is 0 Å². The fourth-order valence-corrected chi connectivity index (χ4v) is 5.05. The van der Waals surface area contributed by atoms with Gasteiger partial charge in [-0.15, -0.1) is 11.8 Å². The normalized spacial score (nSPS) is 20.9. The molecule has 0 saturated heterocycles. The number of ether oxygens (including phenoxy) is 1. The molecule has 2 aliphatic rings. The van der Waals surface area contributed by atoms with Crippen LogP contribution in [0.2, 0.25) is 0 Å². The number of nitrogens with one attached hydrogen (secondary N) is 2. The number of carbonyl (C=O) groups excluding carboxylic acids is 2. The monoisotopic (exact) mass is 471 g/mol. The number of nitrogens with zero attached hydrogens (tertiary/aromatic N) is 1. The molecule has 0 unspecified atom stereocenters. The smallest absolute Gasteiger partial charge is 0.257 e. The standard InChI is InChI=1S/C25H30FN3O3S/c1-33-21-8-4-7-20(14-21)32-25-22(13-17(26)15-27-25)24(31)29-19-11-9-18(10-12-19)28-23(30)16-5-2-3-6-16/h4,7-8,13-16,18-19H,2-3,5-6,9-12H2,1H3,(H,28,30)(H,29,31)/t18-,19+. The molecule has 4 rings (SSSR count). The molecule has 1 heterocycles. The maximum atomic E-state index is 13.9. The number of aromatic nitrogens is 1. The Morgan fingerprint density at radius 1 is 1.03 bits per heavy atom. The van der Waals surface area contributed by atoms with Gasteiger partial charge in [0.05, 0.1) is 6.20 Å². The van der Waals surface area contributed by atoms with E-state index in [2.05, 4.69) is 15.6 Å². The average Bonchev–Trinajstić information content (AvgIpc) is 3.37. The summed E-state index contributed by atoms with van der Waals surface area (Å²) < 4.78 is 19.7. The molecule has 2 N–H and O–H groups in total. The van der Waals surface area contributed by atoms with Crippen molar-refractivity contribution in [3.05, 3.63) is 47.9 Å². The predicted octanol–water partition coefficient (Wildman–Crippen LogP) is 5.08. The highest BCUT2D eigenvalue weighted by atomic mass is 32.2. The first-order valence-corrected chi connectivity index (χ1v) is 12.8. The molecule has 176 valence electrons. The van der Waals surface area contributed by atoms with Gasteiger partial charge >= 0.3 is 0 Å². The van der Waals surface area contributed by atoms with Crippen LogP contribution in [0.4, 0.5) is 4.39 Å². The molecule has 33 heavy (non-hydrogen) atoms. The van der Waals surface area contributed by atoms with Crippen molar-refractivity contribution in [3.63, 3.8) is 0 Å². The summed E-state index contributed by atoms with van der Waals surface area (Å²) >= 11 is 1.57. The van der Waals surface area contributed by atoms with Crippen LogP contribution in [0, 0.1) is 11.7 Å². The van der Waals surface area contributed by atoms with E-state index in [4.69, 9.17) is 4.74 Å². The summed E-state index contributed by atoms with van der Waals surface area (Å²) in [5, 5.41) is 6.18. The third kappa shape index (κ3) is 6.25. The minimum atomic E-state index is -0.594. The molecule has 2 aliphatic carbocycles. The summed E-state index contributed by atoms with van der Waals surface area (Å²) in [5.41, 5.74) is 0.0706. The molecule has 0 radical (unpaired) electrons. The number of rotatable bonds is 7. The zero-order valence-electron chi connectivity index (χ0n) is 18.8. The molecular formula is C25H30FN3O3S. The van der Waals surface area contributed by atoms with Crippen LogP contribution in [0.5, 0.6) is 11.6 Å². The minimum absolute atomic E-state index is 0.0342. The van der Waals surface area contributed by atoms with E-state index >= 15 is 0 Å². The van der Waals surface area contributed by atoms with Crippen LogP contribution >= 0.6 is 11.8 Å². The van der Waals surface area contributed by atoms with Crippen LogP contribution in [0.15, 0.2) is 41.4 Å². The second-order valence-corrected chi connectivity index (χ2v) is 9.68. The van der Waals surface area contributed by atoms with E-state index in [9.17, 15) is 14.0 Å². The summed E-state index contributed by atoms with van der Waals surface area (Å²) in [6, 6.07) is 8.71. The SMILES string of the molecule is CSc1cccc(Oc2ncc(F)cc2C(=O)N[C@H]2CC[C@@H](NC(=O)C3CCCC3)CC2)c1. The highest BCUT2D eigenvalue weighted by Gasteiger charge is 2.28. The molecule has 1 aromatic carbocycles. The second kappa shape index (κ2) is 11.0. The summed E-state index contributed by atoms with van der Waals surface area (Å²) in [5.74, 6) is -0.0468. The first-order valence-electron chi connectivity index (χ1n) is 11.6. The van der Waals surface area contributed by atoms with Crippen molar-refractivity contribution in [2.45, 2.75) is 68.3 Å². The molecule has 0 bridgehead atoms. The van der Waals surface area contributed by atoms with Crippen molar-refractivity contribution in [2.75, 3.05) is 6.26 Å². The zero-order valence-corrected chi connectivity index (χ0v) is 19.6. The van der Waals surface area contributed by atoms with Gasteiger partial charge in [0.2, 0.25) is 11.8 Å². The average molecular weight is 472 g/mol. The molecule has 0 aliphatic heterocycles. The Kier molecular flexibility index (Phi) is 7.85. The molecule has 2 aromatic rings. The molecule has 2 fully saturated rings. The third-order valence-corrected chi connectivity index (χ3v) is 7.18. The molecule has 6 nitrogen and oxygen atoms in total. The first kappa shape index (κ1) is 23.5. The summed E-state index contributed by atoms with van der Waals surface area (Å²) in [4.78, 5) is 30.4. The number of amides is 2. The van der Waals surface area contributed by atoms with Crippen molar-refractivity contribution in [3.8, 4) is 11.6 Å². The number of pyridine rings is 1. The zero-order chi connectivity index (χ0) is 23.2. The summed E-state index contributed by atoms with van der Waals surface area (Å²) in [7, 11) is 0. The number of halogens is 1. The largest absolute Gasteiger partial charge is 0.438 e. The maximum absolute atomic E-state index is 13.9. The van der Waals surface area contributed by atoms with Gasteiger partial charge in [-0.3, -0.25) is 9.59 Å². The Morgan fingerprint density at radius 2 is 1.73 bits per heavy atom. The van der Waals surface area contributed by atoms with Gasteiger partial charge in [0.15, 0.2) is 0 Å². The van der Waals surface area contributed by atoms with Crippen molar-refractivity contribution in [2.24, 2.45) is 5.92 Å². The van der Waals surface area contributed by atoms with Crippen LogP contribution in [-0.4, -0.2) is 35.1 Å². The van der Waals surface area contributed by atoms with Gasteiger partial charge in [-0.25, -0.2) is 9.37 Å². The predicted molar refractivity (Wildman–Crippen MR) is 126 cm³/mol. The lowest BCUT2D eigenvalue weighted by Gasteiger charge is -2.30. The van der Waals surface area contributed by atoms with E-state index in [0.29, 0.717) is 5.75 Å². The van der Waals surface area contributed by atoms with Gasteiger partial charge < -0.3 is 15.4 Å². The minimum Gasteiger partial charge on any atom is -0.438 e. The fraction of sp³-hybridized carbons (Fsp3) is 0.480. The lowest BCUT2D eigenvalue weighted by molar-refractivity contribution is -0.125. The van der Waals surface area contributed by atoms with E-state index in [0.717, 1.165) is 68.5 Å². The summed E-state index contributed by atoms with van der Waals surface area (Å²) in [6.07, 6.45) is 10.4. The van der Waals surface area contributed by atoms with Gasteiger partial charge in [0.25, 0.3) is 5.91 Å². The molecule has 2 amide bonds. The van der Waals surface area contributed by atoms with Crippen LogP contribution in [0.3, 0.4) is 0 Å². The maximum Gasteiger partial charge on any atom is 0.257 e. The molecule has 0 atom stereocenters. The van der Waals surface area contributed by atoms with Gasteiger partial charge in [0.1, 0.15) is 17.1 Å². The van der Waals surface area contributed by atoms with E-state index in [1.165, 1.54) is 0 Å². The van der Waals surface area contributed by atoms with Crippen LogP contribution in [0.1, 0.15) is 61.7 Å². The molecule has 8 heteroatoms. The summed E-state index contributed by atoms with van der Waals surface area (Å²) in [6.45, 7) is 0. The van der Waals surface area contributed by atoms with E-state index in [1.54, 1.807) is 17.8 Å². The van der Waals surface area contributed by atoms with Crippen LogP contribution < -0.4 is 15.4 Å². The Bertz CT molecular complexity index is 989. The lowest BCUT2D eigenvalue weighted by Crippen LogP contribution is -2.45. The van der Waals surface area contributed by atoms with Crippen LogP contribution in [-0.2, 0) is 4.79 Å². The Morgan fingerprint density at radius 3 is 2.42 bits per heavy atom. The van der Waals surface area contributed by atoms with Gasteiger partial charge in [-0.05, 0) is 69.0 Å².